The number of alkyl halides is 1. The van der Waals surface area contributed by atoms with Crippen molar-refractivity contribution in [2.24, 2.45) is 5.41 Å². The number of rotatable bonds is 3. The van der Waals surface area contributed by atoms with Crippen molar-refractivity contribution < 1.29 is 29.3 Å². The first-order chi connectivity index (χ1) is 16.3. The van der Waals surface area contributed by atoms with E-state index in [-0.39, 0.29) is 15.3 Å². The lowest BCUT2D eigenvalue weighted by molar-refractivity contribution is -0.0516. The number of ether oxygens (including phenoxy) is 1. The maximum atomic E-state index is 13.4. The number of halogens is 6. The molecule has 1 aromatic heterocycles. The second-order valence-corrected chi connectivity index (χ2v) is 15.6. The molecule has 10 heteroatoms. The highest BCUT2D eigenvalue weighted by Gasteiger charge is 2.65. The molecule has 0 bridgehead atoms. The van der Waals surface area contributed by atoms with E-state index in [0.717, 1.165) is 59.5 Å². The van der Waals surface area contributed by atoms with Gasteiger partial charge in [0.25, 0.3) is 0 Å². The highest BCUT2D eigenvalue weighted by molar-refractivity contribution is 14.1. The van der Waals surface area contributed by atoms with Crippen molar-refractivity contribution in [2.45, 2.75) is 92.3 Å². The molecule has 3 aliphatic rings. The largest absolute Gasteiger partial charge is 0.388 e. The van der Waals surface area contributed by atoms with Crippen molar-refractivity contribution in [1.29, 1.82) is 0 Å². The standard InChI is InChI=1S/C26H31F5INO2S/c1-14(2)23-21-22(20-17(33-23)12-25(3,4)13-18(20)34)26(11-5-6-19(26)32)35-24(21)15-7-9-16(10-8-15)36(27,28,29,30)31/h7-10,14,18-19,24,34H,5-6,11-13H2,1-4H3/t18?,19?,24-,26?/m1/s1. The van der Waals surface area contributed by atoms with Gasteiger partial charge in [0.05, 0.1) is 6.10 Å². The van der Waals surface area contributed by atoms with E-state index < -0.39 is 32.9 Å². The fourth-order valence-electron chi connectivity index (χ4n) is 6.30. The average Bonchev–Trinajstić information content (AvgIpc) is 3.26. The van der Waals surface area contributed by atoms with Crippen LogP contribution in [0.4, 0.5) is 19.4 Å². The number of aromatic nitrogens is 1. The van der Waals surface area contributed by atoms with Gasteiger partial charge in [0.2, 0.25) is 0 Å². The molecule has 3 nitrogen and oxygen atoms in total. The average molecular weight is 644 g/mol. The third-order valence-electron chi connectivity index (χ3n) is 7.81. The van der Waals surface area contributed by atoms with Crippen LogP contribution >= 0.6 is 32.8 Å². The fourth-order valence-corrected chi connectivity index (χ4v) is 8.16. The molecule has 2 aliphatic carbocycles. The molecule has 0 amide bonds. The molecule has 200 valence electrons. The first-order valence-corrected chi connectivity index (χ1v) is 15.4. The molecule has 1 fully saturated rings. The Morgan fingerprint density at radius 2 is 1.72 bits per heavy atom. The van der Waals surface area contributed by atoms with Gasteiger partial charge in [0, 0.05) is 32.0 Å². The van der Waals surface area contributed by atoms with E-state index in [0.29, 0.717) is 30.5 Å². The second kappa shape index (κ2) is 7.57. The predicted octanol–water partition coefficient (Wildman–Crippen LogP) is 9.17. The van der Waals surface area contributed by atoms with Gasteiger partial charge in [-0.1, -0.05) is 81.8 Å². The topological polar surface area (TPSA) is 42.4 Å². The van der Waals surface area contributed by atoms with Crippen molar-refractivity contribution in [3.63, 3.8) is 0 Å². The maximum absolute atomic E-state index is 13.4. The number of aliphatic hydroxyl groups excluding tert-OH is 1. The first kappa shape index (κ1) is 26.6. The number of aliphatic hydroxyl groups is 1. The Bertz CT molecular complexity index is 1230. The number of hydrogen-bond donors (Lipinski definition) is 1. The highest BCUT2D eigenvalue weighted by Crippen LogP contribution is 3.02. The molecule has 1 aliphatic heterocycles. The van der Waals surface area contributed by atoms with Crippen molar-refractivity contribution in [2.75, 3.05) is 0 Å². The molecule has 2 heterocycles. The molecule has 36 heavy (non-hydrogen) atoms. The van der Waals surface area contributed by atoms with Crippen LogP contribution in [0.1, 0.15) is 105 Å². The van der Waals surface area contributed by atoms with E-state index in [4.69, 9.17) is 9.72 Å². The summed E-state index contributed by atoms with van der Waals surface area (Å²) in [7, 11) is -9.79. The van der Waals surface area contributed by atoms with E-state index in [9.17, 15) is 24.5 Å². The first-order valence-electron chi connectivity index (χ1n) is 12.2. The summed E-state index contributed by atoms with van der Waals surface area (Å²) in [5, 5.41) is 11.4. The number of nitrogens with zero attached hydrogens (tertiary/aromatic N) is 1. The van der Waals surface area contributed by atoms with Crippen LogP contribution in [-0.4, -0.2) is 14.0 Å². The molecule has 4 atom stereocenters. The van der Waals surface area contributed by atoms with Crippen LogP contribution in [0.2, 0.25) is 0 Å². The quantitative estimate of drug-likeness (QED) is 0.206. The molecule has 3 unspecified atom stereocenters. The minimum absolute atomic E-state index is 0.00878. The molecule has 1 spiro atoms. The van der Waals surface area contributed by atoms with Gasteiger partial charge in [0.1, 0.15) is 16.6 Å². The minimum Gasteiger partial charge on any atom is -0.388 e. The summed E-state index contributed by atoms with van der Waals surface area (Å²) in [6.07, 6.45) is 2.34. The minimum atomic E-state index is -9.79. The highest BCUT2D eigenvalue weighted by atomic mass is 127. The molecule has 2 aromatic rings. The summed E-state index contributed by atoms with van der Waals surface area (Å²) in [5.41, 5.74) is 3.70. The smallest absolute Gasteiger partial charge is 0.310 e. The van der Waals surface area contributed by atoms with E-state index in [1.165, 1.54) is 0 Å². The Morgan fingerprint density at radius 1 is 1.08 bits per heavy atom. The van der Waals surface area contributed by atoms with Crippen LogP contribution in [-0.2, 0) is 16.8 Å². The zero-order chi connectivity index (χ0) is 26.5. The zero-order valence-electron chi connectivity index (χ0n) is 20.6. The van der Waals surface area contributed by atoms with Crippen LogP contribution in [0.3, 0.4) is 0 Å². The van der Waals surface area contributed by atoms with E-state index in [1.807, 2.05) is 13.8 Å². The molecule has 0 radical (unpaired) electrons. The Morgan fingerprint density at radius 3 is 2.25 bits per heavy atom. The lowest BCUT2D eigenvalue weighted by atomic mass is 9.70. The van der Waals surface area contributed by atoms with Crippen LogP contribution < -0.4 is 0 Å². The van der Waals surface area contributed by atoms with Crippen molar-refractivity contribution in [1.82, 2.24) is 4.98 Å². The number of fused-ring (bicyclic) bond motifs is 4. The molecular formula is C26H31F5INO2S. The second-order valence-electron chi connectivity index (χ2n) is 11.6. The summed E-state index contributed by atoms with van der Waals surface area (Å²) in [5.74, 6) is -0.00878. The Labute approximate surface area is 222 Å². The zero-order valence-corrected chi connectivity index (χ0v) is 23.6. The third-order valence-corrected chi connectivity index (χ3v) is 10.6. The number of pyridine rings is 1. The van der Waals surface area contributed by atoms with Gasteiger partial charge in [-0.05, 0) is 61.1 Å². The lowest BCUT2D eigenvalue weighted by Gasteiger charge is -2.40. The van der Waals surface area contributed by atoms with E-state index in [1.54, 1.807) is 0 Å². The summed E-state index contributed by atoms with van der Waals surface area (Å²) >= 11 is 2.38. The summed E-state index contributed by atoms with van der Waals surface area (Å²) in [6, 6.07) is 3.11. The summed E-state index contributed by atoms with van der Waals surface area (Å²) in [4.78, 5) is 3.12. The van der Waals surface area contributed by atoms with Crippen LogP contribution in [0, 0.1) is 5.41 Å². The number of hydrogen-bond acceptors (Lipinski definition) is 3. The third kappa shape index (κ3) is 4.27. The van der Waals surface area contributed by atoms with Gasteiger partial charge >= 0.3 is 10.2 Å². The predicted molar refractivity (Wildman–Crippen MR) is 139 cm³/mol. The Balaban J connectivity index is 1.75. The molecule has 5 rings (SSSR count). The van der Waals surface area contributed by atoms with Crippen molar-refractivity contribution >= 4 is 32.8 Å². The molecule has 1 N–H and O–H groups in total. The van der Waals surface area contributed by atoms with Crippen LogP contribution in [0.5, 0.6) is 0 Å². The molecule has 0 saturated heterocycles. The van der Waals surface area contributed by atoms with Gasteiger partial charge in [-0.15, -0.1) is 0 Å². The van der Waals surface area contributed by atoms with Gasteiger partial charge in [0.15, 0.2) is 0 Å². The van der Waals surface area contributed by atoms with E-state index >= 15 is 0 Å². The van der Waals surface area contributed by atoms with Crippen molar-refractivity contribution in [3.05, 3.63) is 57.9 Å². The summed E-state index contributed by atoms with van der Waals surface area (Å²) < 4.78 is 73.8. The monoisotopic (exact) mass is 643 g/mol. The Kier molecular flexibility index (Phi) is 5.59. The van der Waals surface area contributed by atoms with Crippen molar-refractivity contribution in [3.8, 4) is 0 Å². The molecular weight excluding hydrogens is 612 g/mol. The van der Waals surface area contributed by atoms with E-state index in [2.05, 4.69) is 36.4 Å². The van der Waals surface area contributed by atoms with Crippen LogP contribution in [0.15, 0.2) is 29.2 Å². The lowest BCUT2D eigenvalue weighted by Crippen LogP contribution is -2.35. The number of benzene rings is 1. The Hall–Kier alpha value is -0.980. The summed E-state index contributed by atoms with van der Waals surface area (Å²) in [6.45, 7) is 8.23. The SMILES string of the molecule is CC(C)c1nc2c(c3c1[C@@H](c1ccc(S(F)(F)(F)(F)F)cc1)OC31CCCC1I)C(O)CC(C)(C)C2. The van der Waals surface area contributed by atoms with Gasteiger partial charge < -0.3 is 9.84 Å². The normalized spacial score (nSPS) is 31.3. The van der Waals surface area contributed by atoms with Gasteiger partial charge in [-0.2, -0.15) is 0 Å². The maximum Gasteiger partial charge on any atom is 0.310 e. The molecule has 1 saturated carbocycles. The van der Waals surface area contributed by atoms with Gasteiger partial charge in [-0.3, -0.25) is 4.98 Å². The molecule has 1 aromatic carbocycles. The van der Waals surface area contributed by atoms with Gasteiger partial charge in [-0.25, -0.2) is 0 Å². The van der Waals surface area contributed by atoms with Crippen LogP contribution in [0.25, 0.3) is 0 Å². The fraction of sp³-hybridized carbons (Fsp3) is 0.577.